The first-order valence-corrected chi connectivity index (χ1v) is 7.01. The van der Waals surface area contributed by atoms with Gasteiger partial charge in [-0.25, -0.2) is 9.97 Å². The third kappa shape index (κ3) is 1.76. The average Bonchev–Trinajstić information content (AvgIpc) is 2.81. The molecule has 1 heterocycles. The molecule has 1 aromatic heterocycles. The molecule has 3 nitrogen and oxygen atoms in total. The highest BCUT2D eigenvalue weighted by Gasteiger charge is 2.58. The Labute approximate surface area is 109 Å². The molecule has 1 unspecified atom stereocenters. The van der Waals surface area contributed by atoms with Gasteiger partial charge in [-0.1, -0.05) is 20.8 Å². The second kappa shape index (κ2) is 4.02. The minimum absolute atomic E-state index is 0.417. The van der Waals surface area contributed by atoms with Crippen molar-refractivity contribution < 1.29 is 0 Å². The first-order chi connectivity index (χ1) is 8.52. The Morgan fingerprint density at radius 3 is 2.83 bits per heavy atom. The molecule has 1 N–H and O–H groups in total. The molecule has 3 heteroatoms. The molecule has 3 atom stereocenters. The average molecular weight is 245 g/mol. The van der Waals surface area contributed by atoms with Gasteiger partial charge in [0.25, 0.3) is 0 Å². The van der Waals surface area contributed by atoms with Crippen molar-refractivity contribution in [1.29, 1.82) is 0 Å². The van der Waals surface area contributed by atoms with Gasteiger partial charge in [0.2, 0.25) is 0 Å². The molecule has 2 aliphatic carbocycles. The Bertz CT molecular complexity index is 424. The van der Waals surface area contributed by atoms with Crippen LogP contribution in [-0.4, -0.2) is 16.0 Å². The molecule has 3 rings (SSSR count). The van der Waals surface area contributed by atoms with Crippen LogP contribution in [0.3, 0.4) is 0 Å². The number of rotatable bonds is 3. The zero-order valence-electron chi connectivity index (χ0n) is 11.6. The molecular weight excluding hydrogens is 222 g/mol. The predicted octanol–water partition coefficient (Wildman–Crippen LogP) is 2.78. The smallest absolute Gasteiger partial charge is 0.115 e. The molecule has 2 fully saturated rings. The highest BCUT2D eigenvalue weighted by Crippen LogP contribution is 2.62. The van der Waals surface area contributed by atoms with Gasteiger partial charge in [-0.05, 0) is 42.1 Å². The molecule has 0 radical (unpaired) electrons. The summed E-state index contributed by atoms with van der Waals surface area (Å²) in [6.45, 7) is 8.18. The van der Waals surface area contributed by atoms with Gasteiger partial charge in [-0.2, -0.15) is 0 Å². The third-order valence-corrected chi connectivity index (χ3v) is 5.40. The van der Waals surface area contributed by atoms with E-state index in [-0.39, 0.29) is 0 Å². The fourth-order valence-corrected chi connectivity index (χ4v) is 4.44. The molecule has 0 amide bonds. The van der Waals surface area contributed by atoms with E-state index in [0.717, 1.165) is 18.2 Å². The van der Waals surface area contributed by atoms with Gasteiger partial charge < -0.3 is 5.32 Å². The molecule has 0 aliphatic heterocycles. The Kier molecular flexibility index (Phi) is 2.70. The number of fused-ring (bicyclic) bond motifs is 2. The SMILES string of the molecule is CC1(C)C(NCc2ccncn2)[C@]2(C)CC[C@H]1C2. The summed E-state index contributed by atoms with van der Waals surface area (Å²) in [4.78, 5) is 8.27. The Morgan fingerprint density at radius 2 is 2.22 bits per heavy atom. The highest BCUT2D eigenvalue weighted by molar-refractivity contribution is 5.12. The van der Waals surface area contributed by atoms with E-state index in [9.17, 15) is 0 Å². The molecule has 0 spiro atoms. The molecule has 2 saturated carbocycles. The summed E-state index contributed by atoms with van der Waals surface area (Å²) in [7, 11) is 0. The Hall–Kier alpha value is -0.960. The third-order valence-electron chi connectivity index (χ3n) is 5.40. The lowest BCUT2D eigenvalue weighted by Crippen LogP contribution is -2.50. The molecule has 1 aromatic rings. The van der Waals surface area contributed by atoms with E-state index >= 15 is 0 Å². The summed E-state index contributed by atoms with van der Waals surface area (Å²) in [5.41, 5.74) is 1.99. The topological polar surface area (TPSA) is 37.8 Å². The summed E-state index contributed by atoms with van der Waals surface area (Å²) in [6, 6.07) is 2.61. The molecular formula is C15H23N3. The normalized spacial score (nSPS) is 37.1. The summed E-state index contributed by atoms with van der Waals surface area (Å²) >= 11 is 0. The maximum Gasteiger partial charge on any atom is 0.115 e. The first kappa shape index (κ1) is 12.1. The number of aromatic nitrogens is 2. The van der Waals surface area contributed by atoms with Crippen LogP contribution in [0.15, 0.2) is 18.6 Å². The largest absolute Gasteiger partial charge is 0.307 e. The van der Waals surface area contributed by atoms with Crippen molar-refractivity contribution in [3.05, 3.63) is 24.3 Å². The lowest BCUT2D eigenvalue weighted by Gasteiger charge is -2.43. The van der Waals surface area contributed by atoms with E-state index < -0.39 is 0 Å². The number of nitrogens with one attached hydrogen (secondary N) is 1. The molecule has 18 heavy (non-hydrogen) atoms. The lowest BCUT2D eigenvalue weighted by molar-refractivity contribution is 0.107. The van der Waals surface area contributed by atoms with Crippen molar-refractivity contribution in [2.75, 3.05) is 0 Å². The number of hydrogen-bond donors (Lipinski definition) is 1. The van der Waals surface area contributed by atoms with Crippen molar-refractivity contribution in [2.24, 2.45) is 16.7 Å². The Morgan fingerprint density at radius 1 is 1.39 bits per heavy atom. The van der Waals surface area contributed by atoms with Crippen LogP contribution >= 0.6 is 0 Å². The van der Waals surface area contributed by atoms with Crippen LogP contribution in [0.25, 0.3) is 0 Å². The van der Waals surface area contributed by atoms with Gasteiger partial charge >= 0.3 is 0 Å². The minimum Gasteiger partial charge on any atom is -0.307 e. The quantitative estimate of drug-likeness (QED) is 0.890. The molecule has 2 aliphatic rings. The van der Waals surface area contributed by atoms with Gasteiger partial charge in [-0.3, -0.25) is 0 Å². The highest BCUT2D eigenvalue weighted by atomic mass is 15.0. The molecule has 2 bridgehead atoms. The zero-order valence-corrected chi connectivity index (χ0v) is 11.6. The zero-order chi connectivity index (χ0) is 12.8. The van der Waals surface area contributed by atoms with E-state index in [4.69, 9.17) is 0 Å². The van der Waals surface area contributed by atoms with Crippen molar-refractivity contribution in [1.82, 2.24) is 15.3 Å². The second-order valence-corrected chi connectivity index (χ2v) is 6.93. The van der Waals surface area contributed by atoms with E-state index in [0.29, 0.717) is 16.9 Å². The standard InChI is InChI=1S/C15H23N3/c1-14(2)11-4-6-15(3,8-11)13(14)17-9-12-5-7-16-10-18-12/h5,7,10-11,13,17H,4,6,8-9H2,1-3H3/t11-,13?,15+/m0/s1. The Balaban J connectivity index is 1.73. The monoisotopic (exact) mass is 245 g/mol. The fourth-order valence-electron chi connectivity index (χ4n) is 4.44. The van der Waals surface area contributed by atoms with E-state index in [1.165, 1.54) is 19.3 Å². The van der Waals surface area contributed by atoms with Gasteiger partial charge in [0, 0.05) is 18.8 Å². The van der Waals surface area contributed by atoms with Crippen molar-refractivity contribution >= 4 is 0 Å². The van der Waals surface area contributed by atoms with Gasteiger partial charge in [0.1, 0.15) is 6.33 Å². The number of hydrogen-bond acceptors (Lipinski definition) is 3. The number of nitrogens with zero attached hydrogens (tertiary/aromatic N) is 2. The van der Waals surface area contributed by atoms with Crippen LogP contribution in [0.2, 0.25) is 0 Å². The summed E-state index contributed by atoms with van der Waals surface area (Å²) in [5, 5.41) is 3.77. The maximum atomic E-state index is 4.30. The summed E-state index contributed by atoms with van der Waals surface area (Å²) < 4.78 is 0. The predicted molar refractivity (Wildman–Crippen MR) is 71.9 cm³/mol. The minimum atomic E-state index is 0.417. The van der Waals surface area contributed by atoms with Crippen molar-refractivity contribution in [3.8, 4) is 0 Å². The van der Waals surface area contributed by atoms with Crippen LogP contribution in [0.5, 0.6) is 0 Å². The van der Waals surface area contributed by atoms with Crippen LogP contribution in [0.1, 0.15) is 45.7 Å². The summed E-state index contributed by atoms with van der Waals surface area (Å²) in [5.74, 6) is 0.894. The fraction of sp³-hybridized carbons (Fsp3) is 0.733. The van der Waals surface area contributed by atoms with Gasteiger partial charge in [0.05, 0.1) is 5.69 Å². The second-order valence-electron chi connectivity index (χ2n) is 6.93. The molecule has 0 saturated heterocycles. The first-order valence-electron chi connectivity index (χ1n) is 7.01. The van der Waals surface area contributed by atoms with Crippen LogP contribution in [0.4, 0.5) is 0 Å². The van der Waals surface area contributed by atoms with E-state index in [2.05, 4.69) is 36.1 Å². The van der Waals surface area contributed by atoms with Gasteiger partial charge in [-0.15, -0.1) is 0 Å². The van der Waals surface area contributed by atoms with E-state index in [1.54, 1.807) is 6.33 Å². The summed E-state index contributed by atoms with van der Waals surface area (Å²) in [6.07, 6.45) is 7.63. The van der Waals surface area contributed by atoms with Crippen molar-refractivity contribution in [2.45, 2.75) is 52.6 Å². The van der Waals surface area contributed by atoms with Crippen LogP contribution in [0, 0.1) is 16.7 Å². The van der Waals surface area contributed by atoms with Crippen LogP contribution in [-0.2, 0) is 6.54 Å². The van der Waals surface area contributed by atoms with Crippen molar-refractivity contribution in [3.63, 3.8) is 0 Å². The van der Waals surface area contributed by atoms with Crippen LogP contribution < -0.4 is 5.32 Å². The van der Waals surface area contributed by atoms with E-state index in [1.807, 2.05) is 12.3 Å². The maximum absolute atomic E-state index is 4.30. The lowest BCUT2D eigenvalue weighted by atomic mass is 9.68. The molecule has 0 aromatic carbocycles. The van der Waals surface area contributed by atoms with Gasteiger partial charge in [0.15, 0.2) is 0 Å². The molecule has 98 valence electrons.